The number of carbonyl (C=O) groups is 2. The molecule has 0 aromatic heterocycles. The largest absolute Gasteiger partial charge is 0.479 e. The van der Waals surface area contributed by atoms with Crippen molar-refractivity contribution < 1.29 is 19.8 Å². The van der Waals surface area contributed by atoms with Crippen molar-refractivity contribution in [2.45, 2.75) is 31.9 Å². The number of benzene rings is 1. The van der Waals surface area contributed by atoms with Gasteiger partial charge in [0.05, 0.1) is 16.7 Å². The number of urea groups is 1. The van der Waals surface area contributed by atoms with Crippen LogP contribution in [0, 0.1) is 18.3 Å². The van der Waals surface area contributed by atoms with Gasteiger partial charge >= 0.3 is 12.0 Å². The van der Waals surface area contributed by atoms with Crippen LogP contribution >= 0.6 is 11.6 Å². The van der Waals surface area contributed by atoms with Crippen molar-refractivity contribution in [3.63, 3.8) is 0 Å². The molecule has 1 saturated heterocycles. The number of rotatable bonds is 2. The standard InChI is InChI=1S/C15H16ClN3O4/c1-8-10(4-3-9(7-17)12(8)16)18-14(23)19-6-5-11(20)15(19,2)13(21)22/h3-4,11,20H,5-6H2,1-2H3,(H,18,23)(H,21,22)/t11-,15-/m0/s1. The van der Waals surface area contributed by atoms with E-state index in [2.05, 4.69) is 5.32 Å². The third-order valence-electron chi connectivity index (χ3n) is 4.26. The Hall–Kier alpha value is -2.30. The minimum absolute atomic E-state index is 0.124. The third kappa shape index (κ3) is 2.71. The van der Waals surface area contributed by atoms with Crippen LogP contribution in [0.25, 0.3) is 0 Å². The molecule has 2 amide bonds. The van der Waals surface area contributed by atoms with Gasteiger partial charge < -0.3 is 20.4 Å². The molecule has 122 valence electrons. The first-order valence-corrected chi connectivity index (χ1v) is 7.30. The monoisotopic (exact) mass is 337 g/mol. The number of hydrogen-bond acceptors (Lipinski definition) is 4. The van der Waals surface area contributed by atoms with E-state index in [4.69, 9.17) is 16.9 Å². The fraction of sp³-hybridized carbons (Fsp3) is 0.400. The molecule has 2 atom stereocenters. The first kappa shape index (κ1) is 17.1. The maximum Gasteiger partial charge on any atom is 0.332 e. The molecule has 1 aliphatic rings. The summed E-state index contributed by atoms with van der Waals surface area (Å²) in [7, 11) is 0. The summed E-state index contributed by atoms with van der Waals surface area (Å²) in [4.78, 5) is 25.0. The number of halogens is 1. The maximum absolute atomic E-state index is 12.4. The number of aliphatic hydroxyl groups excluding tert-OH is 1. The molecular weight excluding hydrogens is 322 g/mol. The van der Waals surface area contributed by atoms with Crippen LogP contribution in [-0.2, 0) is 4.79 Å². The van der Waals surface area contributed by atoms with E-state index in [1.807, 2.05) is 6.07 Å². The number of carboxylic acids is 1. The molecule has 1 aromatic rings. The van der Waals surface area contributed by atoms with E-state index in [-0.39, 0.29) is 23.6 Å². The Balaban J connectivity index is 2.28. The summed E-state index contributed by atoms with van der Waals surface area (Å²) in [5.41, 5.74) is -0.507. The van der Waals surface area contributed by atoms with Crippen molar-refractivity contribution in [2.75, 3.05) is 11.9 Å². The number of aliphatic carboxylic acids is 1. The zero-order valence-corrected chi connectivity index (χ0v) is 13.4. The van der Waals surface area contributed by atoms with Gasteiger partial charge in [0.25, 0.3) is 0 Å². The van der Waals surface area contributed by atoms with Gasteiger partial charge in [-0.05, 0) is 38.0 Å². The first-order chi connectivity index (χ1) is 10.7. The average molecular weight is 338 g/mol. The van der Waals surface area contributed by atoms with Crippen LogP contribution in [0.15, 0.2) is 12.1 Å². The highest BCUT2D eigenvalue weighted by atomic mass is 35.5. The second-order valence-corrected chi connectivity index (χ2v) is 5.93. The van der Waals surface area contributed by atoms with Gasteiger partial charge in [0, 0.05) is 12.2 Å². The number of nitrogens with one attached hydrogen (secondary N) is 1. The number of carboxylic acid groups (broad SMARTS) is 1. The molecule has 3 N–H and O–H groups in total. The van der Waals surface area contributed by atoms with Gasteiger partial charge in [0.2, 0.25) is 0 Å². The number of amides is 2. The molecule has 1 fully saturated rings. The SMILES string of the molecule is Cc1c(NC(=O)N2CC[C@H](O)[C@@]2(C)C(=O)O)ccc(C#N)c1Cl. The normalized spacial score (nSPS) is 23.4. The Morgan fingerprint density at radius 1 is 1.52 bits per heavy atom. The zero-order chi connectivity index (χ0) is 17.4. The molecule has 0 aliphatic carbocycles. The third-order valence-corrected chi connectivity index (χ3v) is 4.75. The molecule has 1 aliphatic heterocycles. The summed E-state index contributed by atoms with van der Waals surface area (Å²) >= 11 is 6.05. The van der Waals surface area contributed by atoms with Crippen molar-refractivity contribution in [1.82, 2.24) is 4.90 Å². The fourth-order valence-electron chi connectivity index (χ4n) is 2.60. The van der Waals surface area contributed by atoms with E-state index in [0.717, 1.165) is 4.90 Å². The van der Waals surface area contributed by atoms with E-state index in [9.17, 15) is 19.8 Å². The predicted octanol–water partition coefficient (Wildman–Crippen LogP) is 1.96. The van der Waals surface area contributed by atoms with Gasteiger partial charge in [-0.2, -0.15) is 5.26 Å². The minimum atomic E-state index is -1.69. The summed E-state index contributed by atoms with van der Waals surface area (Å²) in [5.74, 6) is -1.27. The molecule has 0 spiro atoms. The number of nitrogens with zero attached hydrogens (tertiary/aromatic N) is 2. The van der Waals surface area contributed by atoms with Crippen molar-refractivity contribution >= 4 is 29.3 Å². The molecule has 8 heteroatoms. The van der Waals surface area contributed by atoms with Crippen molar-refractivity contribution in [1.29, 1.82) is 5.26 Å². The summed E-state index contributed by atoms with van der Waals surface area (Å²) in [5, 5.41) is 31.0. The molecule has 0 saturated carbocycles. The second-order valence-electron chi connectivity index (χ2n) is 5.55. The van der Waals surface area contributed by atoms with E-state index < -0.39 is 23.6 Å². The summed E-state index contributed by atoms with van der Waals surface area (Å²) in [6, 6.07) is 4.30. The number of carbonyl (C=O) groups excluding carboxylic acids is 1. The van der Waals surface area contributed by atoms with Crippen LogP contribution in [0.1, 0.15) is 24.5 Å². The molecule has 1 heterocycles. The summed E-state index contributed by atoms with van der Waals surface area (Å²) < 4.78 is 0. The number of aliphatic hydroxyl groups is 1. The van der Waals surface area contributed by atoms with Crippen LogP contribution < -0.4 is 5.32 Å². The van der Waals surface area contributed by atoms with Crippen LogP contribution in [0.5, 0.6) is 0 Å². The Bertz CT molecular complexity index is 715. The fourth-order valence-corrected chi connectivity index (χ4v) is 2.81. The average Bonchev–Trinajstić information content (AvgIpc) is 2.81. The number of nitriles is 1. The Labute approximate surface area is 138 Å². The van der Waals surface area contributed by atoms with Gasteiger partial charge in [0.15, 0.2) is 5.54 Å². The zero-order valence-electron chi connectivity index (χ0n) is 12.6. The molecule has 23 heavy (non-hydrogen) atoms. The van der Waals surface area contributed by atoms with Gasteiger partial charge in [-0.15, -0.1) is 0 Å². The van der Waals surface area contributed by atoms with Crippen LogP contribution in [-0.4, -0.2) is 45.3 Å². The van der Waals surface area contributed by atoms with E-state index in [0.29, 0.717) is 11.3 Å². The molecule has 7 nitrogen and oxygen atoms in total. The van der Waals surface area contributed by atoms with Crippen LogP contribution in [0.4, 0.5) is 10.5 Å². The molecule has 0 radical (unpaired) electrons. The van der Waals surface area contributed by atoms with Gasteiger partial charge in [-0.25, -0.2) is 9.59 Å². The number of hydrogen-bond donors (Lipinski definition) is 3. The predicted molar refractivity (Wildman–Crippen MR) is 83.3 cm³/mol. The van der Waals surface area contributed by atoms with Crippen molar-refractivity contribution in [2.24, 2.45) is 0 Å². The Morgan fingerprint density at radius 2 is 2.17 bits per heavy atom. The number of likely N-dealkylation sites (tertiary alicyclic amines) is 1. The minimum Gasteiger partial charge on any atom is -0.479 e. The lowest BCUT2D eigenvalue weighted by Crippen LogP contribution is -2.57. The van der Waals surface area contributed by atoms with E-state index in [1.54, 1.807) is 6.92 Å². The summed E-state index contributed by atoms with van der Waals surface area (Å²) in [6.07, 6.45) is -0.958. The van der Waals surface area contributed by atoms with E-state index >= 15 is 0 Å². The van der Waals surface area contributed by atoms with E-state index in [1.165, 1.54) is 19.1 Å². The highest BCUT2D eigenvalue weighted by molar-refractivity contribution is 6.33. The Morgan fingerprint density at radius 3 is 2.74 bits per heavy atom. The molecule has 0 bridgehead atoms. The second kappa shape index (κ2) is 6.07. The van der Waals surface area contributed by atoms with Gasteiger partial charge in [-0.1, -0.05) is 11.6 Å². The molecular formula is C15H16ClN3O4. The smallest absolute Gasteiger partial charge is 0.332 e. The van der Waals surface area contributed by atoms with Crippen LogP contribution in [0.2, 0.25) is 5.02 Å². The van der Waals surface area contributed by atoms with Gasteiger partial charge in [-0.3, -0.25) is 0 Å². The maximum atomic E-state index is 12.4. The quantitative estimate of drug-likeness (QED) is 0.763. The lowest BCUT2D eigenvalue weighted by Gasteiger charge is -2.33. The van der Waals surface area contributed by atoms with Crippen molar-refractivity contribution in [3.8, 4) is 6.07 Å². The molecule has 1 aromatic carbocycles. The topological polar surface area (TPSA) is 114 Å². The molecule has 2 rings (SSSR count). The highest BCUT2D eigenvalue weighted by Gasteiger charge is 2.52. The lowest BCUT2D eigenvalue weighted by molar-refractivity contribution is -0.151. The highest BCUT2D eigenvalue weighted by Crippen LogP contribution is 2.32. The van der Waals surface area contributed by atoms with Crippen molar-refractivity contribution in [3.05, 3.63) is 28.3 Å². The molecule has 0 unspecified atom stereocenters. The Kier molecular flexibility index (Phi) is 4.50. The van der Waals surface area contributed by atoms with Crippen LogP contribution in [0.3, 0.4) is 0 Å². The first-order valence-electron chi connectivity index (χ1n) is 6.92. The summed E-state index contributed by atoms with van der Waals surface area (Å²) in [6.45, 7) is 3.08. The number of anilines is 1. The van der Waals surface area contributed by atoms with Gasteiger partial charge in [0.1, 0.15) is 6.07 Å². The lowest BCUT2D eigenvalue weighted by atomic mass is 9.96.